The Morgan fingerprint density at radius 1 is 1.03 bits per heavy atom. The number of hydrogen-bond acceptors (Lipinski definition) is 5. The second kappa shape index (κ2) is 11.8. The minimum Gasteiger partial charge on any atom is -0.490 e. The molecule has 1 aliphatic rings. The number of carbonyl (C=O) groups excluding carboxylic acids is 1. The molecule has 1 saturated heterocycles. The molecule has 0 N–H and O–H groups in total. The zero-order chi connectivity index (χ0) is 25.7. The Bertz CT molecular complexity index is 1330. The average Bonchev–Trinajstić information content (AvgIpc) is 3.15. The number of ether oxygens (including phenoxy) is 2. The summed E-state index contributed by atoms with van der Waals surface area (Å²) < 4.78 is 12.6. The van der Waals surface area contributed by atoms with Crippen molar-refractivity contribution in [2.75, 3.05) is 18.1 Å². The molecular formula is C29H27IN2O3S. The Hall–Kier alpha value is -3.04. The van der Waals surface area contributed by atoms with E-state index in [1.54, 1.807) is 11.0 Å². The zero-order valence-electron chi connectivity index (χ0n) is 20.5. The molecule has 0 aromatic heterocycles. The number of anilines is 1. The Balaban J connectivity index is 1.75. The number of amidine groups is 1. The molecule has 0 aliphatic carbocycles. The Labute approximate surface area is 230 Å². The number of carbonyl (C=O) groups is 1. The van der Waals surface area contributed by atoms with Crippen LogP contribution in [0.2, 0.25) is 0 Å². The van der Waals surface area contributed by atoms with E-state index in [1.807, 2.05) is 87.5 Å². The van der Waals surface area contributed by atoms with Gasteiger partial charge in [-0.25, -0.2) is 4.99 Å². The number of aliphatic imine (C=N–C) groups is 1. The van der Waals surface area contributed by atoms with Crippen LogP contribution in [0.15, 0.2) is 83.2 Å². The maximum Gasteiger partial charge on any atom is 0.271 e. The quantitative estimate of drug-likeness (QED) is 0.149. The van der Waals surface area contributed by atoms with Crippen LogP contribution in [0.1, 0.15) is 23.6 Å². The number of amides is 1. The number of hydrogen-bond donors (Lipinski definition) is 0. The van der Waals surface area contributed by atoms with Crippen LogP contribution >= 0.6 is 34.4 Å². The van der Waals surface area contributed by atoms with E-state index in [-0.39, 0.29) is 5.91 Å². The van der Waals surface area contributed by atoms with Gasteiger partial charge < -0.3 is 9.47 Å². The van der Waals surface area contributed by atoms with Crippen molar-refractivity contribution in [2.24, 2.45) is 4.99 Å². The Morgan fingerprint density at radius 3 is 2.33 bits per heavy atom. The van der Waals surface area contributed by atoms with Gasteiger partial charge in [-0.2, -0.15) is 0 Å². The molecule has 3 aromatic carbocycles. The van der Waals surface area contributed by atoms with Crippen molar-refractivity contribution in [3.05, 3.63) is 98.5 Å². The van der Waals surface area contributed by atoms with Gasteiger partial charge in [-0.05, 0) is 103 Å². The summed E-state index contributed by atoms with van der Waals surface area (Å²) in [5.74, 6) is 1.19. The molecule has 0 bridgehead atoms. The standard InChI is InChI=1S/C29H27IN2O3S/c1-5-15-35-27-24(30)16-21(17-25(27)34-6-2)18-26-28(33)32(23-13-9-20(4)10-14-23)29(36-26)31-22-11-7-19(3)8-12-22/h5,7-14,16-18H,1,6,15H2,2-4H3/b26-18-,31-29?. The fraction of sp³-hybridized carbons (Fsp3) is 0.172. The first kappa shape index (κ1) is 26.0. The molecule has 0 saturated carbocycles. The second-order valence-electron chi connectivity index (χ2n) is 8.18. The number of thioether (sulfide) groups is 1. The normalized spacial score (nSPS) is 15.6. The fourth-order valence-corrected chi connectivity index (χ4v) is 5.35. The number of benzene rings is 3. The summed E-state index contributed by atoms with van der Waals surface area (Å²) >= 11 is 3.59. The monoisotopic (exact) mass is 610 g/mol. The predicted octanol–water partition coefficient (Wildman–Crippen LogP) is 7.68. The van der Waals surface area contributed by atoms with Crippen molar-refractivity contribution < 1.29 is 14.3 Å². The van der Waals surface area contributed by atoms with Crippen LogP contribution < -0.4 is 14.4 Å². The maximum absolute atomic E-state index is 13.6. The lowest BCUT2D eigenvalue weighted by Gasteiger charge is -2.16. The molecule has 0 unspecified atom stereocenters. The topological polar surface area (TPSA) is 51.1 Å². The van der Waals surface area contributed by atoms with E-state index >= 15 is 0 Å². The molecule has 7 heteroatoms. The van der Waals surface area contributed by atoms with E-state index in [9.17, 15) is 4.79 Å². The molecule has 0 radical (unpaired) electrons. The highest BCUT2D eigenvalue weighted by molar-refractivity contribution is 14.1. The smallest absolute Gasteiger partial charge is 0.271 e. The summed E-state index contributed by atoms with van der Waals surface area (Å²) in [6, 6.07) is 19.7. The largest absolute Gasteiger partial charge is 0.490 e. The number of rotatable bonds is 8. The third kappa shape index (κ3) is 6.02. The van der Waals surface area contributed by atoms with E-state index in [2.05, 4.69) is 29.2 Å². The summed E-state index contributed by atoms with van der Waals surface area (Å²) in [4.78, 5) is 20.7. The summed E-state index contributed by atoms with van der Waals surface area (Å²) in [5.41, 5.74) is 4.72. The van der Waals surface area contributed by atoms with E-state index < -0.39 is 0 Å². The highest BCUT2D eigenvalue weighted by Crippen LogP contribution is 2.40. The molecule has 1 fully saturated rings. The first-order valence-corrected chi connectivity index (χ1v) is 13.4. The van der Waals surface area contributed by atoms with Crippen LogP contribution in [0.5, 0.6) is 11.5 Å². The molecule has 3 aromatic rings. The molecular weight excluding hydrogens is 583 g/mol. The molecule has 0 atom stereocenters. The van der Waals surface area contributed by atoms with Gasteiger partial charge >= 0.3 is 0 Å². The maximum atomic E-state index is 13.6. The van der Waals surface area contributed by atoms with Crippen molar-refractivity contribution in [1.82, 2.24) is 0 Å². The van der Waals surface area contributed by atoms with Gasteiger partial charge in [0.2, 0.25) is 0 Å². The van der Waals surface area contributed by atoms with E-state index in [1.165, 1.54) is 11.8 Å². The molecule has 5 nitrogen and oxygen atoms in total. The number of halogens is 1. The summed E-state index contributed by atoms with van der Waals surface area (Å²) in [7, 11) is 0. The van der Waals surface area contributed by atoms with Crippen LogP contribution in [0.4, 0.5) is 11.4 Å². The third-order valence-electron chi connectivity index (χ3n) is 5.33. The summed E-state index contributed by atoms with van der Waals surface area (Å²) in [6.45, 7) is 10.6. The van der Waals surface area contributed by atoms with Crippen molar-refractivity contribution in [3.63, 3.8) is 0 Å². The highest BCUT2D eigenvalue weighted by Gasteiger charge is 2.35. The number of aryl methyl sites for hydroxylation is 2. The molecule has 36 heavy (non-hydrogen) atoms. The SMILES string of the molecule is C=CCOc1c(I)cc(/C=C2\SC(=Nc3ccc(C)cc3)N(c3ccc(C)cc3)C2=O)cc1OCC. The molecule has 184 valence electrons. The van der Waals surface area contributed by atoms with Gasteiger partial charge in [0.05, 0.1) is 26.5 Å². The average molecular weight is 611 g/mol. The summed E-state index contributed by atoms with van der Waals surface area (Å²) in [6.07, 6.45) is 3.58. The van der Waals surface area contributed by atoms with Crippen molar-refractivity contribution in [2.45, 2.75) is 20.8 Å². The first-order chi connectivity index (χ1) is 17.4. The van der Waals surface area contributed by atoms with Gasteiger partial charge in [0.25, 0.3) is 5.91 Å². The van der Waals surface area contributed by atoms with Gasteiger partial charge in [-0.15, -0.1) is 0 Å². The second-order valence-corrected chi connectivity index (χ2v) is 10.4. The van der Waals surface area contributed by atoms with Crippen LogP contribution in [0, 0.1) is 17.4 Å². The van der Waals surface area contributed by atoms with Crippen molar-refractivity contribution in [3.8, 4) is 11.5 Å². The minimum atomic E-state index is -0.116. The van der Waals surface area contributed by atoms with E-state index in [4.69, 9.17) is 14.5 Å². The van der Waals surface area contributed by atoms with Gasteiger partial charge in [-0.1, -0.05) is 48.0 Å². The molecule has 0 spiro atoms. The summed E-state index contributed by atoms with van der Waals surface area (Å²) in [5, 5.41) is 0.615. The Morgan fingerprint density at radius 2 is 1.69 bits per heavy atom. The molecule has 1 aliphatic heterocycles. The molecule has 4 rings (SSSR count). The Kier molecular flexibility index (Phi) is 8.53. The van der Waals surface area contributed by atoms with Crippen LogP contribution in [0.3, 0.4) is 0 Å². The lowest BCUT2D eigenvalue weighted by Crippen LogP contribution is -2.28. The van der Waals surface area contributed by atoms with Crippen molar-refractivity contribution in [1.29, 1.82) is 0 Å². The van der Waals surface area contributed by atoms with Gasteiger partial charge in [0, 0.05) is 0 Å². The van der Waals surface area contributed by atoms with Crippen LogP contribution in [-0.2, 0) is 4.79 Å². The van der Waals surface area contributed by atoms with Crippen LogP contribution in [0.25, 0.3) is 6.08 Å². The first-order valence-electron chi connectivity index (χ1n) is 11.6. The predicted molar refractivity (Wildman–Crippen MR) is 159 cm³/mol. The highest BCUT2D eigenvalue weighted by atomic mass is 127. The molecule has 1 amide bonds. The van der Waals surface area contributed by atoms with Gasteiger partial charge in [0.15, 0.2) is 16.7 Å². The minimum absolute atomic E-state index is 0.116. The van der Waals surface area contributed by atoms with E-state index in [0.29, 0.717) is 34.8 Å². The van der Waals surface area contributed by atoms with Gasteiger partial charge in [-0.3, -0.25) is 9.69 Å². The zero-order valence-corrected chi connectivity index (χ0v) is 23.4. The molecule has 1 heterocycles. The lowest BCUT2D eigenvalue weighted by atomic mass is 10.1. The van der Waals surface area contributed by atoms with Gasteiger partial charge in [0.1, 0.15) is 6.61 Å². The van der Waals surface area contributed by atoms with Crippen LogP contribution in [-0.4, -0.2) is 24.3 Å². The number of nitrogens with zero attached hydrogens (tertiary/aromatic N) is 2. The third-order valence-corrected chi connectivity index (χ3v) is 7.10. The lowest BCUT2D eigenvalue weighted by molar-refractivity contribution is -0.113. The van der Waals surface area contributed by atoms with Crippen molar-refractivity contribution >= 4 is 62.9 Å². The van der Waals surface area contributed by atoms with E-state index in [0.717, 1.165) is 31.6 Å². The fourth-order valence-electron chi connectivity index (χ4n) is 3.57.